The molecule has 0 bridgehead atoms. The third-order valence-electron chi connectivity index (χ3n) is 5.17. The fourth-order valence-electron chi connectivity index (χ4n) is 3.23. The van der Waals surface area contributed by atoms with Gasteiger partial charge in [-0.05, 0) is 31.4 Å². The highest BCUT2D eigenvalue weighted by Crippen LogP contribution is 2.32. The van der Waals surface area contributed by atoms with E-state index in [0.29, 0.717) is 29.3 Å². The number of nitrogens with zero attached hydrogens (tertiary/aromatic N) is 4. The lowest BCUT2D eigenvalue weighted by Crippen LogP contribution is -2.15. The Morgan fingerprint density at radius 1 is 1.20 bits per heavy atom. The molecule has 0 radical (unpaired) electrons. The number of rotatable bonds is 7. The van der Waals surface area contributed by atoms with E-state index in [1.807, 2.05) is 39.1 Å². The zero-order valence-electron chi connectivity index (χ0n) is 17.3. The molecule has 1 aromatic carbocycles. The highest BCUT2D eigenvalue weighted by molar-refractivity contribution is 6.02. The summed E-state index contributed by atoms with van der Waals surface area (Å²) >= 11 is 0. The van der Waals surface area contributed by atoms with Crippen LogP contribution in [0.1, 0.15) is 42.1 Å². The number of ketones is 1. The van der Waals surface area contributed by atoms with Crippen LogP contribution in [0.15, 0.2) is 36.8 Å². The first-order valence-electron chi connectivity index (χ1n) is 10.0. The van der Waals surface area contributed by atoms with Crippen molar-refractivity contribution in [1.29, 1.82) is 0 Å². The van der Waals surface area contributed by atoms with E-state index in [-0.39, 0.29) is 17.6 Å². The van der Waals surface area contributed by atoms with Gasteiger partial charge < -0.3 is 10.6 Å². The highest BCUT2D eigenvalue weighted by Gasteiger charge is 2.30. The predicted octanol–water partition coefficient (Wildman–Crippen LogP) is 3.87. The normalized spacial score (nSPS) is 13.2. The Hall–Kier alpha value is -3.55. The monoisotopic (exact) mass is 404 g/mol. The van der Waals surface area contributed by atoms with Crippen molar-refractivity contribution >= 4 is 28.9 Å². The van der Waals surface area contributed by atoms with Crippen LogP contribution in [0.4, 0.5) is 17.2 Å². The smallest absolute Gasteiger partial charge is 0.228 e. The molecule has 1 aliphatic carbocycles. The molecule has 0 aliphatic heterocycles. The molecular weight excluding hydrogens is 380 g/mol. The third-order valence-corrected chi connectivity index (χ3v) is 5.17. The summed E-state index contributed by atoms with van der Waals surface area (Å²) in [6, 6.07) is 7.53. The molecule has 0 unspecified atom stereocenters. The van der Waals surface area contributed by atoms with Crippen LogP contribution in [0, 0.1) is 12.8 Å². The van der Waals surface area contributed by atoms with Gasteiger partial charge in [0, 0.05) is 42.9 Å². The van der Waals surface area contributed by atoms with Crippen molar-refractivity contribution in [1.82, 2.24) is 19.7 Å². The number of hydrogen-bond donors (Lipinski definition) is 2. The molecule has 1 aliphatic rings. The Morgan fingerprint density at radius 2 is 2.00 bits per heavy atom. The number of carbonyl (C=O) groups is 2. The molecule has 1 fully saturated rings. The minimum atomic E-state index is -0.0255. The van der Waals surface area contributed by atoms with Crippen LogP contribution in [-0.4, -0.2) is 31.4 Å². The predicted molar refractivity (Wildman–Crippen MR) is 115 cm³/mol. The number of aromatic nitrogens is 4. The number of Topliss-reactive ketones (excluding diaryl/α,β-unsaturated/α-hetero) is 1. The van der Waals surface area contributed by atoms with Gasteiger partial charge in [-0.15, -0.1) is 0 Å². The minimum Gasteiger partial charge on any atom is -0.355 e. The van der Waals surface area contributed by atoms with Crippen LogP contribution in [0.25, 0.3) is 11.4 Å². The largest absolute Gasteiger partial charge is 0.355 e. The van der Waals surface area contributed by atoms with Crippen molar-refractivity contribution in [2.45, 2.75) is 33.1 Å². The van der Waals surface area contributed by atoms with Crippen LogP contribution in [-0.2, 0) is 11.8 Å². The summed E-state index contributed by atoms with van der Waals surface area (Å²) in [5, 5.41) is 10.6. The molecule has 30 heavy (non-hydrogen) atoms. The Morgan fingerprint density at radius 3 is 2.67 bits per heavy atom. The van der Waals surface area contributed by atoms with Gasteiger partial charge in [0.1, 0.15) is 12.1 Å². The molecule has 0 atom stereocenters. The van der Waals surface area contributed by atoms with Gasteiger partial charge in [0.05, 0.1) is 11.3 Å². The third kappa shape index (κ3) is 4.07. The molecular formula is C22H24N6O2. The van der Waals surface area contributed by atoms with Crippen LogP contribution >= 0.6 is 0 Å². The molecule has 4 rings (SSSR count). The minimum absolute atomic E-state index is 0.0229. The Kier molecular flexibility index (Phi) is 5.31. The lowest BCUT2D eigenvalue weighted by molar-refractivity contribution is -0.117. The molecule has 154 valence electrons. The number of anilines is 3. The molecule has 8 nitrogen and oxygen atoms in total. The topological polar surface area (TPSA) is 102 Å². The number of pyridine rings is 1. The van der Waals surface area contributed by atoms with Crippen LogP contribution in [0.3, 0.4) is 0 Å². The second kappa shape index (κ2) is 8.06. The first-order chi connectivity index (χ1) is 14.5. The molecule has 2 heterocycles. The van der Waals surface area contributed by atoms with E-state index in [2.05, 4.69) is 25.7 Å². The summed E-state index contributed by atoms with van der Waals surface area (Å²) in [7, 11) is 1.82. The van der Waals surface area contributed by atoms with E-state index in [4.69, 9.17) is 0 Å². The average molecular weight is 404 g/mol. The molecule has 3 aromatic rings. The standard InChI is InChI=1S/C22H24N6O2/c1-4-19(29)16-11-23-20(26-22(30)14-8-9-14)10-18(16)25-17-7-5-6-15(13(17)2)21-24-12-28(3)27-21/h5-7,10-12,14H,4,8-9H2,1-3H3,(H2,23,25,26,30). The number of aryl methyl sites for hydroxylation is 1. The van der Waals surface area contributed by atoms with E-state index in [1.54, 1.807) is 17.1 Å². The Bertz CT molecular complexity index is 1120. The SMILES string of the molecule is CCC(=O)c1cnc(NC(=O)C2CC2)cc1Nc1cccc(-c2ncn(C)n2)c1C. The van der Waals surface area contributed by atoms with Crippen molar-refractivity contribution in [3.63, 3.8) is 0 Å². The zero-order chi connectivity index (χ0) is 21.3. The van der Waals surface area contributed by atoms with E-state index < -0.39 is 0 Å². The molecule has 0 saturated heterocycles. The summed E-state index contributed by atoms with van der Waals surface area (Å²) < 4.78 is 1.66. The zero-order valence-corrected chi connectivity index (χ0v) is 17.3. The summed E-state index contributed by atoms with van der Waals surface area (Å²) in [6.45, 7) is 3.79. The molecule has 2 N–H and O–H groups in total. The van der Waals surface area contributed by atoms with Gasteiger partial charge in [0.25, 0.3) is 0 Å². The van der Waals surface area contributed by atoms with Crippen molar-refractivity contribution in [2.75, 3.05) is 10.6 Å². The van der Waals surface area contributed by atoms with Gasteiger partial charge in [-0.3, -0.25) is 14.3 Å². The lowest BCUT2D eigenvalue weighted by atomic mass is 10.0. The second-order valence-electron chi connectivity index (χ2n) is 7.50. The molecule has 1 saturated carbocycles. The maximum absolute atomic E-state index is 12.5. The molecule has 1 amide bonds. The lowest BCUT2D eigenvalue weighted by Gasteiger charge is -2.16. The molecule has 8 heteroatoms. The van der Waals surface area contributed by atoms with Gasteiger partial charge in [-0.25, -0.2) is 9.97 Å². The van der Waals surface area contributed by atoms with Crippen molar-refractivity contribution in [3.8, 4) is 11.4 Å². The molecule has 2 aromatic heterocycles. The van der Waals surface area contributed by atoms with E-state index in [1.165, 1.54) is 6.20 Å². The van der Waals surface area contributed by atoms with Crippen LogP contribution < -0.4 is 10.6 Å². The van der Waals surface area contributed by atoms with E-state index in [9.17, 15) is 9.59 Å². The van der Waals surface area contributed by atoms with Gasteiger partial charge in [-0.1, -0.05) is 19.1 Å². The number of hydrogen-bond acceptors (Lipinski definition) is 6. The summed E-state index contributed by atoms with van der Waals surface area (Å²) in [5.41, 5.74) is 3.79. The summed E-state index contributed by atoms with van der Waals surface area (Å²) in [4.78, 5) is 33.2. The summed E-state index contributed by atoms with van der Waals surface area (Å²) in [5.74, 6) is 1.09. The average Bonchev–Trinajstić information content (AvgIpc) is 3.50. The van der Waals surface area contributed by atoms with Crippen LogP contribution in [0.5, 0.6) is 0 Å². The number of carbonyl (C=O) groups excluding carboxylic acids is 2. The van der Waals surface area contributed by atoms with Crippen LogP contribution in [0.2, 0.25) is 0 Å². The quantitative estimate of drug-likeness (QED) is 0.580. The fourth-order valence-corrected chi connectivity index (χ4v) is 3.23. The Balaban J connectivity index is 1.68. The van der Waals surface area contributed by atoms with Gasteiger partial charge in [0.2, 0.25) is 5.91 Å². The van der Waals surface area contributed by atoms with Gasteiger partial charge >= 0.3 is 0 Å². The maximum Gasteiger partial charge on any atom is 0.228 e. The van der Waals surface area contributed by atoms with Crippen molar-refractivity contribution in [3.05, 3.63) is 47.9 Å². The van der Waals surface area contributed by atoms with Gasteiger partial charge in [0.15, 0.2) is 11.6 Å². The number of benzene rings is 1. The summed E-state index contributed by atoms with van der Waals surface area (Å²) in [6.07, 6.45) is 5.37. The van der Waals surface area contributed by atoms with Crippen molar-refractivity contribution in [2.24, 2.45) is 13.0 Å². The highest BCUT2D eigenvalue weighted by atomic mass is 16.2. The number of nitrogens with one attached hydrogen (secondary N) is 2. The first kappa shape index (κ1) is 19.8. The fraction of sp³-hybridized carbons (Fsp3) is 0.318. The number of amides is 1. The van der Waals surface area contributed by atoms with E-state index in [0.717, 1.165) is 29.7 Å². The second-order valence-corrected chi connectivity index (χ2v) is 7.50. The van der Waals surface area contributed by atoms with Gasteiger partial charge in [-0.2, -0.15) is 5.10 Å². The van der Waals surface area contributed by atoms with Crippen molar-refractivity contribution < 1.29 is 9.59 Å². The molecule has 0 spiro atoms. The first-order valence-corrected chi connectivity index (χ1v) is 10.0. The maximum atomic E-state index is 12.5. The Labute approximate surface area is 174 Å². The van der Waals surface area contributed by atoms with E-state index >= 15 is 0 Å².